The molecule has 1 fully saturated rings. The van der Waals surface area contributed by atoms with E-state index in [1.807, 2.05) is 6.07 Å². The molecule has 2 aromatic rings. The van der Waals surface area contributed by atoms with Crippen LogP contribution in [0.1, 0.15) is 25.0 Å². The Kier molecular flexibility index (Phi) is 3.51. The van der Waals surface area contributed by atoms with E-state index < -0.39 is 0 Å². The normalized spacial score (nSPS) is 17.1. The van der Waals surface area contributed by atoms with E-state index in [0.717, 1.165) is 17.9 Å². The molecule has 0 atom stereocenters. The number of rotatable bonds is 3. The van der Waals surface area contributed by atoms with E-state index in [4.69, 9.17) is 0 Å². The molecule has 1 saturated heterocycles. The number of aryl methyl sites for hydroxylation is 1. The first-order valence-electron chi connectivity index (χ1n) is 6.83. The van der Waals surface area contributed by atoms with Gasteiger partial charge < -0.3 is 5.32 Å². The van der Waals surface area contributed by atoms with Crippen molar-refractivity contribution in [2.75, 3.05) is 13.1 Å². The van der Waals surface area contributed by atoms with Crippen molar-refractivity contribution in [2.24, 2.45) is 5.92 Å². The predicted octanol–water partition coefficient (Wildman–Crippen LogP) is 2.56. The Morgan fingerprint density at radius 2 is 1.94 bits per heavy atom. The maximum absolute atomic E-state index is 4.46. The number of para-hydroxylation sites is 1. The van der Waals surface area contributed by atoms with Gasteiger partial charge >= 0.3 is 0 Å². The molecule has 0 saturated carbocycles. The Bertz CT molecular complexity index is 513. The van der Waals surface area contributed by atoms with E-state index in [2.05, 4.69) is 33.5 Å². The zero-order valence-electron chi connectivity index (χ0n) is 10.6. The Morgan fingerprint density at radius 1 is 1.11 bits per heavy atom. The van der Waals surface area contributed by atoms with E-state index in [-0.39, 0.29) is 0 Å². The fourth-order valence-corrected chi connectivity index (χ4v) is 2.77. The van der Waals surface area contributed by atoms with Crippen LogP contribution in [0.4, 0.5) is 0 Å². The van der Waals surface area contributed by atoms with Crippen molar-refractivity contribution in [2.45, 2.75) is 25.7 Å². The van der Waals surface area contributed by atoms with E-state index in [1.54, 1.807) is 6.33 Å². The van der Waals surface area contributed by atoms with Crippen molar-refractivity contribution in [3.8, 4) is 0 Å². The van der Waals surface area contributed by atoms with Crippen molar-refractivity contribution >= 4 is 10.9 Å². The largest absolute Gasteiger partial charge is 0.317 e. The average Bonchev–Trinajstić information content (AvgIpc) is 2.46. The zero-order chi connectivity index (χ0) is 12.2. The van der Waals surface area contributed by atoms with Crippen LogP contribution < -0.4 is 5.32 Å². The third kappa shape index (κ3) is 2.51. The fourth-order valence-electron chi connectivity index (χ4n) is 2.77. The summed E-state index contributed by atoms with van der Waals surface area (Å²) in [7, 11) is 0. The molecule has 1 aliphatic rings. The van der Waals surface area contributed by atoms with Gasteiger partial charge in [-0.05, 0) is 50.8 Å². The number of hydrogen-bond acceptors (Lipinski definition) is 3. The highest BCUT2D eigenvalue weighted by Crippen LogP contribution is 2.21. The molecule has 3 heteroatoms. The zero-order valence-corrected chi connectivity index (χ0v) is 10.6. The van der Waals surface area contributed by atoms with Gasteiger partial charge in [-0.3, -0.25) is 0 Å². The first-order valence-corrected chi connectivity index (χ1v) is 6.83. The number of aromatic nitrogens is 2. The number of nitrogens with zero attached hydrogens (tertiary/aromatic N) is 2. The summed E-state index contributed by atoms with van der Waals surface area (Å²) in [6.45, 7) is 2.35. The van der Waals surface area contributed by atoms with Gasteiger partial charge in [0, 0.05) is 5.39 Å². The van der Waals surface area contributed by atoms with E-state index in [9.17, 15) is 0 Å². The number of hydrogen-bond donors (Lipinski definition) is 1. The van der Waals surface area contributed by atoms with Gasteiger partial charge in [0.25, 0.3) is 0 Å². The second-order valence-electron chi connectivity index (χ2n) is 5.07. The van der Waals surface area contributed by atoms with Crippen LogP contribution >= 0.6 is 0 Å². The van der Waals surface area contributed by atoms with Crippen molar-refractivity contribution in [3.63, 3.8) is 0 Å². The topological polar surface area (TPSA) is 37.8 Å². The quantitative estimate of drug-likeness (QED) is 0.897. The number of fused-ring (bicyclic) bond motifs is 1. The molecule has 0 spiro atoms. The molecule has 1 aromatic carbocycles. The summed E-state index contributed by atoms with van der Waals surface area (Å²) in [5.41, 5.74) is 2.27. The van der Waals surface area contributed by atoms with Crippen LogP contribution in [0.2, 0.25) is 0 Å². The van der Waals surface area contributed by atoms with Crippen molar-refractivity contribution in [1.29, 1.82) is 0 Å². The van der Waals surface area contributed by atoms with Crippen LogP contribution in [0, 0.1) is 5.92 Å². The predicted molar refractivity (Wildman–Crippen MR) is 73.5 cm³/mol. The lowest BCUT2D eigenvalue weighted by atomic mass is 9.92. The summed E-state index contributed by atoms with van der Waals surface area (Å²) in [5.74, 6) is 0.861. The molecule has 1 aliphatic heterocycles. The lowest BCUT2D eigenvalue weighted by Crippen LogP contribution is -2.27. The molecular formula is C15H19N3. The third-order valence-electron chi connectivity index (χ3n) is 3.87. The lowest BCUT2D eigenvalue weighted by Gasteiger charge is -2.22. The number of piperidine rings is 1. The summed E-state index contributed by atoms with van der Waals surface area (Å²) < 4.78 is 0. The third-order valence-corrected chi connectivity index (χ3v) is 3.87. The van der Waals surface area contributed by atoms with Crippen LogP contribution in [-0.2, 0) is 6.42 Å². The molecule has 0 amide bonds. The van der Waals surface area contributed by atoms with E-state index in [1.165, 1.54) is 43.4 Å². The number of benzene rings is 1. The van der Waals surface area contributed by atoms with Crippen LogP contribution in [0.3, 0.4) is 0 Å². The lowest BCUT2D eigenvalue weighted by molar-refractivity contribution is 0.354. The molecule has 0 unspecified atom stereocenters. The highest BCUT2D eigenvalue weighted by atomic mass is 14.9. The van der Waals surface area contributed by atoms with Gasteiger partial charge in [-0.1, -0.05) is 18.2 Å². The van der Waals surface area contributed by atoms with Crippen molar-refractivity contribution in [3.05, 3.63) is 36.3 Å². The minimum atomic E-state index is 0.861. The molecule has 1 aromatic heterocycles. The van der Waals surface area contributed by atoms with Gasteiger partial charge in [-0.15, -0.1) is 0 Å². The summed E-state index contributed by atoms with van der Waals surface area (Å²) in [6.07, 6.45) is 6.64. The first-order chi connectivity index (χ1) is 8.93. The smallest absolute Gasteiger partial charge is 0.116 e. The standard InChI is InChI=1S/C15H19N3/c1-2-4-14-13(3-1)15(18-11-17-14)6-5-12-7-9-16-10-8-12/h1-4,11-12,16H,5-10H2. The molecule has 1 N–H and O–H groups in total. The summed E-state index contributed by atoms with van der Waals surface area (Å²) in [4.78, 5) is 8.78. The SMILES string of the molecule is c1ccc2c(CCC3CCNCC3)ncnc2c1. The van der Waals surface area contributed by atoms with Gasteiger partial charge in [0.15, 0.2) is 0 Å². The van der Waals surface area contributed by atoms with Gasteiger partial charge in [-0.25, -0.2) is 9.97 Å². The summed E-state index contributed by atoms with van der Waals surface area (Å²) >= 11 is 0. The van der Waals surface area contributed by atoms with Gasteiger partial charge in [0.1, 0.15) is 6.33 Å². The summed E-state index contributed by atoms with van der Waals surface area (Å²) in [6, 6.07) is 8.30. The minimum absolute atomic E-state index is 0.861. The maximum Gasteiger partial charge on any atom is 0.116 e. The van der Waals surface area contributed by atoms with Crippen LogP contribution in [0.5, 0.6) is 0 Å². The molecule has 0 radical (unpaired) electrons. The number of nitrogens with one attached hydrogen (secondary N) is 1. The Balaban J connectivity index is 1.74. The second kappa shape index (κ2) is 5.44. The van der Waals surface area contributed by atoms with Crippen molar-refractivity contribution in [1.82, 2.24) is 15.3 Å². The molecule has 2 heterocycles. The van der Waals surface area contributed by atoms with Gasteiger partial charge in [0.2, 0.25) is 0 Å². The molecule has 3 nitrogen and oxygen atoms in total. The molecule has 18 heavy (non-hydrogen) atoms. The van der Waals surface area contributed by atoms with Crippen LogP contribution in [0.15, 0.2) is 30.6 Å². The maximum atomic E-state index is 4.46. The van der Waals surface area contributed by atoms with Crippen LogP contribution in [0.25, 0.3) is 10.9 Å². The van der Waals surface area contributed by atoms with Crippen LogP contribution in [-0.4, -0.2) is 23.1 Å². The molecule has 0 aliphatic carbocycles. The Hall–Kier alpha value is -1.48. The Labute approximate surface area is 108 Å². The fraction of sp³-hybridized carbons (Fsp3) is 0.467. The highest BCUT2D eigenvalue weighted by molar-refractivity contribution is 5.80. The van der Waals surface area contributed by atoms with E-state index >= 15 is 0 Å². The summed E-state index contributed by atoms with van der Waals surface area (Å²) in [5, 5.41) is 4.63. The minimum Gasteiger partial charge on any atom is -0.317 e. The molecule has 0 bridgehead atoms. The van der Waals surface area contributed by atoms with Gasteiger partial charge in [-0.2, -0.15) is 0 Å². The monoisotopic (exact) mass is 241 g/mol. The molecular weight excluding hydrogens is 222 g/mol. The Morgan fingerprint density at radius 3 is 2.83 bits per heavy atom. The highest BCUT2D eigenvalue weighted by Gasteiger charge is 2.13. The molecule has 3 rings (SSSR count). The average molecular weight is 241 g/mol. The second-order valence-corrected chi connectivity index (χ2v) is 5.07. The molecule has 94 valence electrons. The van der Waals surface area contributed by atoms with Crippen molar-refractivity contribution < 1.29 is 0 Å². The van der Waals surface area contributed by atoms with E-state index in [0.29, 0.717) is 0 Å². The first kappa shape index (κ1) is 11.6. The van der Waals surface area contributed by atoms with Gasteiger partial charge in [0.05, 0.1) is 11.2 Å².